The van der Waals surface area contributed by atoms with E-state index in [9.17, 15) is 9.59 Å². The van der Waals surface area contributed by atoms with Crippen molar-refractivity contribution in [1.29, 1.82) is 0 Å². The van der Waals surface area contributed by atoms with Crippen molar-refractivity contribution in [3.05, 3.63) is 24.9 Å². The highest BCUT2D eigenvalue weighted by Gasteiger charge is 2.43. The third kappa shape index (κ3) is 17.9. The van der Waals surface area contributed by atoms with Crippen LogP contribution in [-0.2, 0) is 14.3 Å². The van der Waals surface area contributed by atoms with Crippen LogP contribution >= 0.6 is 0 Å². The van der Waals surface area contributed by atoms with Crippen LogP contribution in [0.15, 0.2) is 24.9 Å². The minimum atomic E-state index is -0.530. The maximum absolute atomic E-state index is 13.6. The summed E-state index contributed by atoms with van der Waals surface area (Å²) in [5.41, 5.74) is 4.86. The first-order valence-electron chi connectivity index (χ1n) is 16.5. The second-order valence-electron chi connectivity index (χ2n) is 11.3. The number of hydrogen-bond acceptors (Lipinski definition) is 6. The van der Waals surface area contributed by atoms with E-state index >= 15 is 0 Å². The van der Waals surface area contributed by atoms with Gasteiger partial charge in [-0.05, 0) is 78.4 Å². The predicted molar refractivity (Wildman–Crippen MR) is 182 cm³/mol. The van der Waals surface area contributed by atoms with E-state index in [0.29, 0.717) is 32.1 Å². The summed E-state index contributed by atoms with van der Waals surface area (Å²) >= 11 is 0. The lowest BCUT2D eigenvalue weighted by molar-refractivity contribution is -0.160. The molecule has 0 saturated carbocycles. The molecular weight excluding hydrogens is 526 g/mol. The molecule has 2 rings (SSSR count). The van der Waals surface area contributed by atoms with Gasteiger partial charge in [-0.3, -0.25) is 9.59 Å². The number of allylic oxidation sites excluding steroid dienone is 1. The van der Waals surface area contributed by atoms with Gasteiger partial charge in [0.1, 0.15) is 6.04 Å². The summed E-state index contributed by atoms with van der Waals surface area (Å²) in [7, 11) is 3.47. The topological polar surface area (TPSA) is 109 Å². The van der Waals surface area contributed by atoms with Gasteiger partial charge in [-0.1, -0.05) is 74.0 Å². The van der Waals surface area contributed by atoms with Crippen molar-refractivity contribution in [2.45, 2.75) is 119 Å². The van der Waals surface area contributed by atoms with Crippen molar-refractivity contribution in [2.75, 3.05) is 46.9 Å². The number of carbonyl (C=O) groups is 2. The van der Waals surface area contributed by atoms with E-state index in [1.165, 1.54) is 7.05 Å². The Kier molecular flexibility index (Phi) is 29.6. The smallest absolute Gasteiger partial charge is 0.245 e. The maximum atomic E-state index is 13.6. The fourth-order valence-corrected chi connectivity index (χ4v) is 4.68. The molecule has 2 aliphatic heterocycles. The molecule has 0 aromatic carbocycles. The van der Waals surface area contributed by atoms with Crippen LogP contribution in [0.2, 0.25) is 0 Å². The first-order valence-corrected chi connectivity index (χ1v) is 16.5. The molecule has 2 fully saturated rings. The van der Waals surface area contributed by atoms with E-state index in [1.807, 2.05) is 59.6 Å². The number of nitrogens with two attached hydrogens (primary N) is 1. The molecule has 0 aliphatic carbocycles. The molecule has 8 nitrogen and oxygen atoms in total. The Morgan fingerprint density at radius 3 is 2.10 bits per heavy atom. The first kappa shape index (κ1) is 44.5. The Morgan fingerprint density at radius 1 is 1.10 bits per heavy atom. The zero-order valence-corrected chi connectivity index (χ0v) is 29.5. The van der Waals surface area contributed by atoms with Gasteiger partial charge >= 0.3 is 0 Å². The molecule has 42 heavy (non-hydrogen) atoms. The SMILES string of the molecule is C=CC[C@@H](CCCC[C@H](NC(=O)C1(C)COC1)C(=O)N1CCCC1C(=C)NCC)CNC.CC.CC.CC(C)C.CN. The second kappa shape index (κ2) is 27.9. The van der Waals surface area contributed by atoms with Crippen LogP contribution in [0.5, 0.6) is 0 Å². The summed E-state index contributed by atoms with van der Waals surface area (Å²) in [4.78, 5) is 28.4. The van der Waals surface area contributed by atoms with E-state index in [4.69, 9.17) is 4.74 Å². The fourth-order valence-electron chi connectivity index (χ4n) is 4.68. The minimum Gasteiger partial charge on any atom is -0.387 e. The molecule has 0 aromatic rings. The molecule has 250 valence electrons. The quantitative estimate of drug-likeness (QED) is 0.139. The van der Waals surface area contributed by atoms with Crippen LogP contribution in [0.3, 0.4) is 0 Å². The van der Waals surface area contributed by atoms with E-state index in [2.05, 4.69) is 55.6 Å². The lowest BCUT2D eigenvalue weighted by atomic mass is 9.87. The first-order chi connectivity index (χ1) is 20.1. The Morgan fingerprint density at radius 2 is 1.64 bits per heavy atom. The standard InChI is InChI=1S/C25H44N4O3.C4H10.2C2H6.CH5N/c1-6-11-20(16-26-5)12-8-9-13-21(28-24(31)25(4)17-32-18-25)23(30)29-15-10-14-22(29)19(3)27-7-2;1-4(2)3;3*1-2/h6,20-22,26-27H,1,3,7-18H2,2,4-5H3,(H,28,31);4H,1-3H3;2*1-2H3;2H2,1H3/t20-,21-,22?;;;;/m0..../s1. The molecule has 2 amide bonds. The van der Waals surface area contributed by atoms with Crippen LogP contribution in [-0.4, -0.2) is 75.7 Å². The van der Waals surface area contributed by atoms with Crippen molar-refractivity contribution < 1.29 is 14.3 Å². The van der Waals surface area contributed by atoms with Gasteiger partial charge in [0, 0.05) is 18.8 Å². The predicted octanol–water partition coefficient (Wildman–Crippen LogP) is 5.88. The number of likely N-dealkylation sites (N-methyl/N-ethyl adjacent to an activating group) is 1. The molecule has 2 aliphatic rings. The van der Waals surface area contributed by atoms with Gasteiger partial charge in [0.2, 0.25) is 11.8 Å². The Bertz CT molecular complexity index is 692. The normalized spacial score (nSPS) is 17.5. The third-order valence-electron chi connectivity index (χ3n) is 6.68. The maximum Gasteiger partial charge on any atom is 0.245 e. The molecule has 8 heteroatoms. The number of likely N-dealkylation sites (tertiary alicyclic amines) is 1. The van der Waals surface area contributed by atoms with Crippen LogP contribution in [0.1, 0.15) is 107 Å². The van der Waals surface area contributed by atoms with Crippen molar-refractivity contribution in [3.8, 4) is 0 Å². The van der Waals surface area contributed by atoms with Crippen LogP contribution in [0.25, 0.3) is 0 Å². The van der Waals surface area contributed by atoms with E-state index < -0.39 is 11.5 Å². The number of rotatable bonds is 15. The molecule has 5 N–H and O–H groups in total. The number of nitrogens with zero attached hydrogens (tertiary/aromatic N) is 1. The average molecular weight is 598 g/mol. The number of nitrogens with one attached hydrogen (secondary N) is 3. The zero-order valence-electron chi connectivity index (χ0n) is 29.5. The van der Waals surface area contributed by atoms with Gasteiger partial charge in [0.25, 0.3) is 0 Å². The van der Waals surface area contributed by atoms with Crippen LogP contribution < -0.4 is 21.7 Å². The Balaban J connectivity index is -0.00000135. The largest absolute Gasteiger partial charge is 0.387 e. The molecular formula is C34H71N5O3. The van der Waals surface area contributed by atoms with Crippen molar-refractivity contribution in [2.24, 2.45) is 23.0 Å². The summed E-state index contributed by atoms with van der Waals surface area (Å²) in [5.74, 6) is 1.32. The molecule has 0 spiro atoms. The Labute approximate surface area is 261 Å². The summed E-state index contributed by atoms with van der Waals surface area (Å²) in [6.07, 6.45) is 8.48. The summed E-state index contributed by atoms with van der Waals surface area (Å²) in [5, 5.41) is 9.60. The molecule has 0 bridgehead atoms. The number of amides is 2. The summed E-state index contributed by atoms with van der Waals surface area (Å²) < 4.78 is 5.26. The number of unbranched alkanes of at least 4 members (excludes halogenated alkanes) is 1. The van der Waals surface area contributed by atoms with Gasteiger partial charge < -0.3 is 31.3 Å². The van der Waals surface area contributed by atoms with Crippen molar-refractivity contribution in [3.63, 3.8) is 0 Å². The van der Waals surface area contributed by atoms with E-state index in [-0.39, 0.29) is 17.9 Å². The monoisotopic (exact) mass is 598 g/mol. The molecule has 0 aromatic heterocycles. The van der Waals surface area contributed by atoms with Crippen LogP contribution in [0, 0.1) is 17.3 Å². The fraction of sp³-hybridized carbons (Fsp3) is 0.824. The van der Waals surface area contributed by atoms with Gasteiger partial charge in [-0.25, -0.2) is 0 Å². The third-order valence-corrected chi connectivity index (χ3v) is 6.68. The highest BCUT2D eigenvalue weighted by Crippen LogP contribution is 2.28. The number of hydrogen-bond donors (Lipinski definition) is 4. The van der Waals surface area contributed by atoms with Gasteiger partial charge in [-0.15, -0.1) is 6.58 Å². The van der Waals surface area contributed by atoms with Gasteiger partial charge in [0.05, 0.1) is 24.7 Å². The highest BCUT2D eigenvalue weighted by atomic mass is 16.5. The van der Waals surface area contributed by atoms with Crippen molar-refractivity contribution >= 4 is 11.8 Å². The average Bonchev–Trinajstić information content (AvgIpc) is 3.46. The van der Waals surface area contributed by atoms with E-state index in [0.717, 1.165) is 63.2 Å². The molecule has 0 radical (unpaired) electrons. The summed E-state index contributed by atoms with van der Waals surface area (Å²) in [6, 6.07) is -0.505. The lowest BCUT2D eigenvalue weighted by Crippen LogP contribution is -2.58. The molecule has 2 saturated heterocycles. The molecule has 3 atom stereocenters. The number of ether oxygens (including phenoxy) is 1. The molecule has 2 heterocycles. The van der Waals surface area contributed by atoms with Gasteiger partial charge in [0.15, 0.2) is 0 Å². The second-order valence-corrected chi connectivity index (χ2v) is 11.3. The molecule has 1 unspecified atom stereocenters. The lowest BCUT2D eigenvalue weighted by Gasteiger charge is -2.38. The highest BCUT2D eigenvalue weighted by molar-refractivity contribution is 5.90. The van der Waals surface area contributed by atoms with Gasteiger partial charge in [-0.2, -0.15) is 0 Å². The number of carbonyl (C=O) groups excluding carboxylic acids is 2. The minimum absolute atomic E-state index is 0.00271. The van der Waals surface area contributed by atoms with Crippen molar-refractivity contribution in [1.82, 2.24) is 20.9 Å². The van der Waals surface area contributed by atoms with Crippen LogP contribution in [0.4, 0.5) is 0 Å². The summed E-state index contributed by atoms with van der Waals surface area (Å²) in [6.45, 7) is 29.7. The Hall–Kier alpha value is -1.90. The zero-order chi connectivity index (χ0) is 33.1. The van der Waals surface area contributed by atoms with E-state index in [1.54, 1.807) is 0 Å².